The highest BCUT2D eigenvalue weighted by Gasteiger charge is 2.28. The normalized spacial score (nSPS) is 15.0. The highest BCUT2D eigenvalue weighted by atomic mass is 32.2. The Balaban J connectivity index is 1.31. The van der Waals surface area contributed by atoms with Gasteiger partial charge in [-0.2, -0.15) is 9.57 Å². The van der Waals surface area contributed by atoms with E-state index in [1.807, 2.05) is 41.5 Å². The van der Waals surface area contributed by atoms with Gasteiger partial charge < -0.3 is 9.15 Å². The van der Waals surface area contributed by atoms with Gasteiger partial charge in [0, 0.05) is 37.1 Å². The van der Waals surface area contributed by atoms with Gasteiger partial charge in [-0.3, -0.25) is 9.69 Å². The van der Waals surface area contributed by atoms with Crippen LogP contribution in [0.4, 0.5) is 0 Å². The highest BCUT2D eigenvalue weighted by molar-refractivity contribution is 7.98. The third-order valence-corrected chi connectivity index (χ3v) is 8.39. The average molecular weight is 512 g/mol. The zero-order valence-corrected chi connectivity index (χ0v) is 20.8. The number of hydrogen-bond donors (Lipinski definition) is 0. The van der Waals surface area contributed by atoms with Crippen LogP contribution in [0.25, 0.3) is 0 Å². The standard InChI is InChI=1S/C25H25N3O5S2/c1-34-22-6-2-20(3-7-22)17-33-25-18-32-21(14-24(25)29)16-27-10-12-28(13-11-27)35(30,31)23-8-4-19(15-26)5-9-23/h2-9,14,18H,10-13,16-17H2,1H3. The lowest BCUT2D eigenvalue weighted by Crippen LogP contribution is -2.48. The Morgan fingerprint density at radius 3 is 2.34 bits per heavy atom. The van der Waals surface area contributed by atoms with Gasteiger partial charge in [-0.1, -0.05) is 12.1 Å². The lowest BCUT2D eigenvalue weighted by molar-refractivity contribution is 0.169. The summed E-state index contributed by atoms with van der Waals surface area (Å²) in [6.45, 7) is 2.32. The molecule has 10 heteroatoms. The van der Waals surface area contributed by atoms with Crippen LogP contribution in [0.15, 0.2) is 79.9 Å². The molecule has 1 aliphatic heterocycles. The van der Waals surface area contributed by atoms with Crippen molar-refractivity contribution in [1.29, 1.82) is 5.26 Å². The quantitative estimate of drug-likeness (QED) is 0.424. The van der Waals surface area contributed by atoms with Crippen LogP contribution in [-0.2, 0) is 23.2 Å². The molecule has 2 aromatic carbocycles. The van der Waals surface area contributed by atoms with Crippen molar-refractivity contribution in [2.24, 2.45) is 0 Å². The fraction of sp³-hybridized carbons (Fsp3) is 0.280. The summed E-state index contributed by atoms with van der Waals surface area (Å²) in [5, 5.41) is 8.90. The van der Waals surface area contributed by atoms with Crippen molar-refractivity contribution in [2.45, 2.75) is 22.9 Å². The van der Waals surface area contributed by atoms with E-state index >= 15 is 0 Å². The van der Waals surface area contributed by atoms with Crippen molar-refractivity contribution in [3.05, 3.63) is 88.0 Å². The van der Waals surface area contributed by atoms with E-state index in [1.54, 1.807) is 11.8 Å². The van der Waals surface area contributed by atoms with Gasteiger partial charge in [0.1, 0.15) is 18.6 Å². The minimum atomic E-state index is -3.62. The fourth-order valence-corrected chi connectivity index (χ4v) is 5.54. The third-order valence-electron chi connectivity index (χ3n) is 5.74. The summed E-state index contributed by atoms with van der Waals surface area (Å²) in [6, 6.07) is 17.3. The number of thioether (sulfide) groups is 1. The van der Waals surface area contributed by atoms with E-state index in [0.717, 1.165) is 10.5 Å². The Morgan fingerprint density at radius 1 is 1.06 bits per heavy atom. The molecule has 0 N–H and O–H groups in total. The summed E-state index contributed by atoms with van der Waals surface area (Å²) in [5.74, 6) is 0.649. The van der Waals surface area contributed by atoms with Gasteiger partial charge in [0.2, 0.25) is 21.2 Å². The summed E-state index contributed by atoms with van der Waals surface area (Å²) in [7, 11) is -3.62. The van der Waals surface area contributed by atoms with Crippen LogP contribution in [0.2, 0.25) is 0 Å². The molecule has 35 heavy (non-hydrogen) atoms. The van der Waals surface area contributed by atoms with Crippen LogP contribution in [0.5, 0.6) is 5.75 Å². The molecule has 1 aliphatic rings. The molecule has 1 aromatic heterocycles. The largest absolute Gasteiger partial charge is 0.482 e. The van der Waals surface area contributed by atoms with Gasteiger partial charge in [0.05, 0.1) is 23.1 Å². The topological polar surface area (TPSA) is 104 Å². The second-order valence-electron chi connectivity index (χ2n) is 8.03. The molecule has 182 valence electrons. The first-order valence-electron chi connectivity index (χ1n) is 11.0. The molecule has 0 bridgehead atoms. The minimum absolute atomic E-state index is 0.154. The van der Waals surface area contributed by atoms with E-state index < -0.39 is 10.0 Å². The van der Waals surface area contributed by atoms with Crippen LogP contribution in [-0.4, -0.2) is 50.1 Å². The summed E-state index contributed by atoms with van der Waals surface area (Å²) >= 11 is 1.66. The monoisotopic (exact) mass is 511 g/mol. The van der Waals surface area contributed by atoms with Crippen molar-refractivity contribution >= 4 is 21.8 Å². The zero-order valence-electron chi connectivity index (χ0n) is 19.2. The molecule has 2 heterocycles. The molecule has 0 spiro atoms. The van der Waals surface area contributed by atoms with E-state index in [-0.39, 0.29) is 22.7 Å². The molecule has 3 aromatic rings. The lowest BCUT2D eigenvalue weighted by atomic mass is 10.2. The summed E-state index contributed by atoms with van der Waals surface area (Å²) in [6.07, 6.45) is 3.34. The first kappa shape index (κ1) is 25.0. The molecule has 0 radical (unpaired) electrons. The van der Waals surface area contributed by atoms with E-state index in [4.69, 9.17) is 14.4 Å². The van der Waals surface area contributed by atoms with Gasteiger partial charge in [-0.25, -0.2) is 8.42 Å². The fourth-order valence-electron chi connectivity index (χ4n) is 3.71. The number of rotatable bonds is 8. The first-order valence-corrected chi connectivity index (χ1v) is 13.7. The lowest BCUT2D eigenvalue weighted by Gasteiger charge is -2.33. The molecule has 0 atom stereocenters. The second-order valence-corrected chi connectivity index (χ2v) is 10.8. The molecule has 0 amide bonds. The van der Waals surface area contributed by atoms with E-state index in [9.17, 15) is 13.2 Å². The number of piperazine rings is 1. The minimum Gasteiger partial charge on any atom is -0.482 e. The Hall–Kier alpha value is -3.10. The zero-order chi connectivity index (χ0) is 24.8. The second kappa shape index (κ2) is 11.1. The number of benzene rings is 2. The van der Waals surface area contributed by atoms with E-state index in [1.165, 1.54) is 40.9 Å². The molecular weight excluding hydrogens is 486 g/mol. The molecular formula is C25H25N3O5S2. The van der Waals surface area contributed by atoms with Crippen molar-refractivity contribution in [2.75, 3.05) is 32.4 Å². The summed E-state index contributed by atoms with van der Waals surface area (Å²) in [5.41, 5.74) is 1.12. The Labute approximate surface area is 208 Å². The van der Waals surface area contributed by atoms with Crippen molar-refractivity contribution < 1.29 is 17.6 Å². The molecule has 4 rings (SSSR count). The van der Waals surface area contributed by atoms with Crippen LogP contribution in [0.1, 0.15) is 16.9 Å². The highest BCUT2D eigenvalue weighted by Crippen LogP contribution is 2.20. The number of sulfonamides is 1. The van der Waals surface area contributed by atoms with Crippen LogP contribution < -0.4 is 10.2 Å². The molecule has 0 aliphatic carbocycles. The smallest absolute Gasteiger partial charge is 0.243 e. The number of nitriles is 1. The molecule has 1 fully saturated rings. The first-order chi connectivity index (χ1) is 16.9. The Bertz CT molecular complexity index is 1360. The van der Waals surface area contributed by atoms with Gasteiger partial charge in [-0.05, 0) is 48.2 Å². The maximum Gasteiger partial charge on any atom is 0.243 e. The Morgan fingerprint density at radius 2 is 1.74 bits per heavy atom. The molecule has 0 saturated carbocycles. The Kier molecular flexibility index (Phi) is 7.93. The number of nitrogens with zero attached hydrogens (tertiary/aromatic N) is 3. The van der Waals surface area contributed by atoms with Crippen molar-refractivity contribution in [3.8, 4) is 11.8 Å². The maximum absolute atomic E-state index is 12.9. The van der Waals surface area contributed by atoms with Gasteiger partial charge in [-0.15, -0.1) is 11.8 Å². The van der Waals surface area contributed by atoms with Gasteiger partial charge >= 0.3 is 0 Å². The van der Waals surface area contributed by atoms with Gasteiger partial charge in [0.15, 0.2) is 0 Å². The molecule has 0 unspecified atom stereocenters. The van der Waals surface area contributed by atoms with Crippen molar-refractivity contribution in [3.63, 3.8) is 0 Å². The number of ether oxygens (including phenoxy) is 1. The van der Waals surface area contributed by atoms with Crippen LogP contribution in [0.3, 0.4) is 0 Å². The number of hydrogen-bond acceptors (Lipinski definition) is 8. The van der Waals surface area contributed by atoms with E-state index in [0.29, 0.717) is 44.0 Å². The summed E-state index contributed by atoms with van der Waals surface area (Å²) in [4.78, 5) is 15.8. The summed E-state index contributed by atoms with van der Waals surface area (Å²) < 4.78 is 38.4. The van der Waals surface area contributed by atoms with Crippen molar-refractivity contribution in [1.82, 2.24) is 9.21 Å². The SMILES string of the molecule is CSc1ccc(COc2coc(CN3CCN(S(=O)(=O)c4ccc(C#N)cc4)CC3)cc2=O)cc1. The van der Waals surface area contributed by atoms with E-state index in [2.05, 4.69) is 0 Å². The predicted octanol–water partition coefficient (Wildman–Crippen LogP) is 3.32. The van der Waals surface area contributed by atoms with Crippen LogP contribution >= 0.6 is 11.8 Å². The van der Waals surface area contributed by atoms with Gasteiger partial charge in [0.25, 0.3) is 0 Å². The van der Waals surface area contributed by atoms with Crippen LogP contribution in [0, 0.1) is 11.3 Å². The predicted molar refractivity (Wildman–Crippen MR) is 133 cm³/mol. The molecule has 8 nitrogen and oxygen atoms in total. The average Bonchev–Trinajstić information content (AvgIpc) is 2.89. The molecule has 1 saturated heterocycles. The maximum atomic E-state index is 12.9. The third kappa shape index (κ3) is 6.13.